The van der Waals surface area contributed by atoms with E-state index in [4.69, 9.17) is 5.11 Å². The van der Waals surface area contributed by atoms with E-state index in [2.05, 4.69) is 15.5 Å². The number of amides is 1. The lowest BCUT2D eigenvalue weighted by Gasteiger charge is -2.09. The number of rotatable bonds is 3. The topological polar surface area (TPSA) is 75.1 Å². The first kappa shape index (κ1) is 9.60. The van der Waals surface area contributed by atoms with Crippen LogP contribution in [0.4, 0.5) is 0 Å². The third-order valence-electron chi connectivity index (χ3n) is 1.50. The molecule has 1 rings (SSSR count). The Labute approximate surface area is 75.8 Å². The lowest BCUT2D eigenvalue weighted by molar-refractivity contribution is 0.0921. The van der Waals surface area contributed by atoms with Gasteiger partial charge in [-0.15, -0.1) is 0 Å². The molecular weight excluding hydrogens is 170 g/mol. The number of carbonyl (C=O) groups excluding carboxylic acids is 1. The number of aliphatic hydroxyl groups is 1. The van der Waals surface area contributed by atoms with Crippen molar-refractivity contribution in [3.05, 3.63) is 24.0 Å². The van der Waals surface area contributed by atoms with Crippen LogP contribution in [0.3, 0.4) is 0 Å². The first-order valence-corrected chi connectivity index (χ1v) is 3.92. The molecule has 0 aliphatic carbocycles. The molecule has 0 radical (unpaired) electrons. The first-order chi connectivity index (χ1) is 6.24. The van der Waals surface area contributed by atoms with Gasteiger partial charge in [0.25, 0.3) is 5.91 Å². The second kappa shape index (κ2) is 4.51. The second-order valence-corrected chi connectivity index (χ2v) is 2.69. The van der Waals surface area contributed by atoms with Gasteiger partial charge >= 0.3 is 0 Å². The SMILES string of the molecule is C[C@@H](CO)NC(=O)c1ccnnc1. The summed E-state index contributed by atoms with van der Waals surface area (Å²) in [7, 11) is 0. The van der Waals surface area contributed by atoms with Crippen molar-refractivity contribution in [2.45, 2.75) is 13.0 Å². The molecule has 1 aromatic rings. The Morgan fingerprint density at radius 3 is 3.00 bits per heavy atom. The van der Waals surface area contributed by atoms with Crippen LogP contribution in [0.5, 0.6) is 0 Å². The molecule has 1 amide bonds. The van der Waals surface area contributed by atoms with Crippen LogP contribution in [-0.4, -0.2) is 33.9 Å². The maximum absolute atomic E-state index is 11.3. The Bertz CT molecular complexity index is 276. The van der Waals surface area contributed by atoms with Crippen LogP contribution < -0.4 is 5.32 Å². The Kier molecular flexibility index (Phi) is 3.33. The quantitative estimate of drug-likeness (QED) is 0.664. The zero-order chi connectivity index (χ0) is 9.68. The number of hydrogen-bond donors (Lipinski definition) is 2. The third kappa shape index (κ3) is 2.79. The number of nitrogens with one attached hydrogen (secondary N) is 1. The lowest BCUT2D eigenvalue weighted by atomic mass is 10.2. The summed E-state index contributed by atoms with van der Waals surface area (Å²) in [6, 6.07) is 1.31. The standard InChI is InChI=1S/C8H11N3O2/c1-6(5-12)11-8(13)7-2-3-9-10-4-7/h2-4,6,12H,5H2,1H3,(H,11,13)/t6-/m0/s1. The summed E-state index contributed by atoms with van der Waals surface area (Å²) < 4.78 is 0. The van der Waals surface area contributed by atoms with Crippen molar-refractivity contribution in [3.63, 3.8) is 0 Å². The highest BCUT2D eigenvalue weighted by Crippen LogP contribution is 1.94. The van der Waals surface area contributed by atoms with E-state index in [1.54, 1.807) is 13.0 Å². The van der Waals surface area contributed by atoms with E-state index in [0.717, 1.165) is 0 Å². The molecule has 0 bridgehead atoms. The van der Waals surface area contributed by atoms with Gasteiger partial charge in [-0.2, -0.15) is 10.2 Å². The van der Waals surface area contributed by atoms with Gasteiger partial charge in [0, 0.05) is 6.04 Å². The van der Waals surface area contributed by atoms with Crippen LogP contribution in [0.1, 0.15) is 17.3 Å². The zero-order valence-electron chi connectivity index (χ0n) is 7.27. The molecule has 0 saturated heterocycles. The number of nitrogens with zero attached hydrogens (tertiary/aromatic N) is 2. The smallest absolute Gasteiger partial charge is 0.253 e. The van der Waals surface area contributed by atoms with Gasteiger partial charge in [-0.25, -0.2) is 0 Å². The van der Waals surface area contributed by atoms with E-state index in [1.807, 2.05) is 0 Å². The van der Waals surface area contributed by atoms with Gasteiger partial charge in [0.2, 0.25) is 0 Å². The molecule has 0 unspecified atom stereocenters. The highest BCUT2D eigenvalue weighted by atomic mass is 16.3. The van der Waals surface area contributed by atoms with Gasteiger partial charge < -0.3 is 10.4 Å². The maximum atomic E-state index is 11.3. The van der Waals surface area contributed by atoms with Gasteiger partial charge in [-0.05, 0) is 13.0 Å². The van der Waals surface area contributed by atoms with Crippen molar-refractivity contribution in [1.82, 2.24) is 15.5 Å². The molecule has 0 aliphatic heterocycles. The van der Waals surface area contributed by atoms with E-state index in [0.29, 0.717) is 5.56 Å². The molecule has 0 spiro atoms. The summed E-state index contributed by atoms with van der Waals surface area (Å²) in [6.07, 6.45) is 2.82. The minimum atomic E-state index is -0.253. The van der Waals surface area contributed by atoms with Crippen molar-refractivity contribution < 1.29 is 9.90 Å². The van der Waals surface area contributed by atoms with Crippen molar-refractivity contribution in [2.75, 3.05) is 6.61 Å². The van der Waals surface area contributed by atoms with Gasteiger partial charge in [-0.3, -0.25) is 4.79 Å². The van der Waals surface area contributed by atoms with E-state index < -0.39 is 0 Å². The molecule has 13 heavy (non-hydrogen) atoms. The fraction of sp³-hybridized carbons (Fsp3) is 0.375. The van der Waals surface area contributed by atoms with Gasteiger partial charge in [0.15, 0.2) is 0 Å². The lowest BCUT2D eigenvalue weighted by Crippen LogP contribution is -2.35. The van der Waals surface area contributed by atoms with Crippen molar-refractivity contribution in [2.24, 2.45) is 0 Å². The second-order valence-electron chi connectivity index (χ2n) is 2.69. The van der Waals surface area contributed by atoms with Crippen molar-refractivity contribution in [3.8, 4) is 0 Å². The molecule has 0 aromatic carbocycles. The Morgan fingerprint density at radius 2 is 2.46 bits per heavy atom. The monoisotopic (exact) mass is 181 g/mol. The Balaban J connectivity index is 2.59. The average Bonchev–Trinajstić information content (AvgIpc) is 2.19. The number of aromatic nitrogens is 2. The molecule has 5 nitrogen and oxygen atoms in total. The molecule has 70 valence electrons. The van der Waals surface area contributed by atoms with Gasteiger partial charge in [0.05, 0.1) is 24.6 Å². The summed E-state index contributed by atoms with van der Waals surface area (Å²) in [5.74, 6) is -0.253. The molecule has 1 aromatic heterocycles. The molecule has 0 saturated carbocycles. The number of carbonyl (C=O) groups is 1. The van der Waals surface area contributed by atoms with Crippen LogP contribution in [0, 0.1) is 0 Å². The molecule has 0 fully saturated rings. The zero-order valence-corrected chi connectivity index (χ0v) is 7.27. The number of hydrogen-bond acceptors (Lipinski definition) is 4. The molecule has 0 aliphatic rings. The Hall–Kier alpha value is -1.49. The number of aliphatic hydroxyl groups excluding tert-OH is 1. The predicted octanol–water partition coefficient (Wildman–Crippen LogP) is -0.413. The maximum Gasteiger partial charge on any atom is 0.253 e. The Morgan fingerprint density at radius 1 is 1.69 bits per heavy atom. The average molecular weight is 181 g/mol. The molecule has 1 atom stereocenters. The highest BCUT2D eigenvalue weighted by Gasteiger charge is 2.07. The van der Waals surface area contributed by atoms with Gasteiger partial charge in [-0.1, -0.05) is 0 Å². The molecule has 5 heteroatoms. The minimum absolute atomic E-state index is 0.0791. The molecule has 1 heterocycles. The van der Waals surface area contributed by atoms with Gasteiger partial charge in [0.1, 0.15) is 0 Å². The predicted molar refractivity (Wildman–Crippen MR) is 46.0 cm³/mol. The van der Waals surface area contributed by atoms with Crippen LogP contribution in [0.2, 0.25) is 0 Å². The summed E-state index contributed by atoms with van der Waals surface area (Å²) in [6.45, 7) is 1.64. The molecule has 2 N–H and O–H groups in total. The first-order valence-electron chi connectivity index (χ1n) is 3.92. The summed E-state index contributed by atoms with van der Waals surface area (Å²) in [5.41, 5.74) is 0.440. The van der Waals surface area contributed by atoms with Crippen LogP contribution >= 0.6 is 0 Å². The largest absolute Gasteiger partial charge is 0.394 e. The summed E-state index contributed by atoms with van der Waals surface area (Å²) >= 11 is 0. The van der Waals surface area contributed by atoms with E-state index in [-0.39, 0.29) is 18.6 Å². The van der Waals surface area contributed by atoms with Crippen LogP contribution in [0.25, 0.3) is 0 Å². The third-order valence-corrected chi connectivity index (χ3v) is 1.50. The van der Waals surface area contributed by atoms with Crippen LogP contribution in [-0.2, 0) is 0 Å². The highest BCUT2D eigenvalue weighted by molar-refractivity contribution is 5.93. The van der Waals surface area contributed by atoms with E-state index in [1.165, 1.54) is 12.4 Å². The van der Waals surface area contributed by atoms with Crippen molar-refractivity contribution in [1.29, 1.82) is 0 Å². The fourth-order valence-corrected chi connectivity index (χ4v) is 0.778. The fourth-order valence-electron chi connectivity index (χ4n) is 0.778. The van der Waals surface area contributed by atoms with E-state index in [9.17, 15) is 4.79 Å². The minimum Gasteiger partial charge on any atom is -0.394 e. The van der Waals surface area contributed by atoms with E-state index >= 15 is 0 Å². The van der Waals surface area contributed by atoms with Crippen molar-refractivity contribution >= 4 is 5.91 Å². The van der Waals surface area contributed by atoms with Crippen LogP contribution in [0.15, 0.2) is 18.5 Å². The summed E-state index contributed by atoms with van der Waals surface area (Å²) in [4.78, 5) is 11.3. The molecular formula is C8H11N3O2. The summed E-state index contributed by atoms with van der Waals surface area (Å²) in [5, 5.41) is 18.4. The normalized spacial score (nSPS) is 12.2.